The van der Waals surface area contributed by atoms with Crippen LogP contribution in [0.3, 0.4) is 0 Å². The summed E-state index contributed by atoms with van der Waals surface area (Å²) in [7, 11) is 1.93. The van der Waals surface area contributed by atoms with E-state index in [0.717, 1.165) is 23.7 Å². The van der Waals surface area contributed by atoms with E-state index in [1.807, 2.05) is 35.9 Å². The van der Waals surface area contributed by atoms with Crippen molar-refractivity contribution in [3.63, 3.8) is 0 Å². The molecule has 1 unspecified atom stereocenters. The Morgan fingerprint density at radius 3 is 2.95 bits per heavy atom. The van der Waals surface area contributed by atoms with E-state index in [1.54, 1.807) is 6.33 Å². The fourth-order valence-electron chi connectivity index (χ4n) is 1.64. The van der Waals surface area contributed by atoms with Crippen LogP contribution in [-0.2, 0) is 13.6 Å². The molecule has 0 fully saturated rings. The maximum Gasteiger partial charge on any atom is 0.151 e. The van der Waals surface area contributed by atoms with Crippen molar-refractivity contribution < 1.29 is 4.74 Å². The molecule has 0 aliphatic rings. The van der Waals surface area contributed by atoms with Gasteiger partial charge in [0, 0.05) is 18.8 Å². The zero-order valence-electron chi connectivity index (χ0n) is 11.6. The van der Waals surface area contributed by atoms with E-state index in [9.17, 15) is 0 Å². The summed E-state index contributed by atoms with van der Waals surface area (Å²) in [6.45, 7) is 4.82. The minimum Gasteiger partial charge on any atom is -0.491 e. The van der Waals surface area contributed by atoms with Crippen molar-refractivity contribution in [3.8, 4) is 5.75 Å². The zero-order valence-corrected chi connectivity index (χ0v) is 11.6. The molecule has 5 nitrogen and oxygen atoms in total. The standard InChI is InChI=1S/C14H20N4O/c1-4-11(2)19-13-7-5-6-12(8-13)15-9-14-17-16-10-18(14)3/h5-8,10-11,15H,4,9H2,1-3H3. The van der Waals surface area contributed by atoms with Crippen LogP contribution in [-0.4, -0.2) is 20.9 Å². The highest BCUT2D eigenvalue weighted by Crippen LogP contribution is 2.19. The van der Waals surface area contributed by atoms with Gasteiger partial charge in [0.1, 0.15) is 12.1 Å². The number of nitrogens with one attached hydrogen (secondary N) is 1. The summed E-state index contributed by atoms with van der Waals surface area (Å²) in [5, 5.41) is 11.2. The number of ether oxygens (including phenoxy) is 1. The first-order valence-electron chi connectivity index (χ1n) is 6.52. The fraction of sp³-hybridized carbons (Fsp3) is 0.429. The molecule has 0 spiro atoms. The largest absolute Gasteiger partial charge is 0.491 e. The lowest BCUT2D eigenvalue weighted by molar-refractivity contribution is 0.217. The van der Waals surface area contributed by atoms with Gasteiger partial charge in [0.15, 0.2) is 5.82 Å². The van der Waals surface area contributed by atoms with Gasteiger partial charge in [-0.15, -0.1) is 10.2 Å². The van der Waals surface area contributed by atoms with Gasteiger partial charge in [-0.3, -0.25) is 0 Å². The molecular weight excluding hydrogens is 240 g/mol. The van der Waals surface area contributed by atoms with Crippen LogP contribution in [0.25, 0.3) is 0 Å². The van der Waals surface area contributed by atoms with Gasteiger partial charge in [-0.2, -0.15) is 0 Å². The molecule has 2 aromatic rings. The Morgan fingerprint density at radius 1 is 1.42 bits per heavy atom. The molecule has 1 aromatic carbocycles. The predicted molar refractivity (Wildman–Crippen MR) is 75.2 cm³/mol. The molecule has 0 radical (unpaired) electrons. The molecule has 1 N–H and O–H groups in total. The number of hydrogen-bond acceptors (Lipinski definition) is 4. The second-order valence-corrected chi connectivity index (χ2v) is 4.58. The summed E-state index contributed by atoms with van der Waals surface area (Å²) in [5.74, 6) is 1.78. The smallest absolute Gasteiger partial charge is 0.151 e. The van der Waals surface area contributed by atoms with Crippen molar-refractivity contribution >= 4 is 5.69 Å². The monoisotopic (exact) mass is 260 g/mol. The van der Waals surface area contributed by atoms with Crippen LogP contribution in [0.1, 0.15) is 26.1 Å². The molecule has 1 atom stereocenters. The minimum absolute atomic E-state index is 0.231. The highest BCUT2D eigenvalue weighted by molar-refractivity contribution is 5.48. The van der Waals surface area contributed by atoms with E-state index in [-0.39, 0.29) is 6.10 Å². The van der Waals surface area contributed by atoms with Crippen molar-refractivity contribution in [1.29, 1.82) is 0 Å². The Kier molecular flexibility index (Phi) is 4.39. The second-order valence-electron chi connectivity index (χ2n) is 4.58. The van der Waals surface area contributed by atoms with E-state index in [0.29, 0.717) is 6.54 Å². The quantitative estimate of drug-likeness (QED) is 0.867. The van der Waals surface area contributed by atoms with Gasteiger partial charge in [-0.1, -0.05) is 13.0 Å². The van der Waals surface area contributed by atoms with Crippen molar-refractivity contribution in [2.24, 2.45) is 7.05 Å². The van der Waals surface area contributed by atoms with E-state index < -0.39 is 0 Å². The molecule has 0 saturated heterocycles. The van der Waals surface area contributed by atoms with Gasteiger partial charge < -0.3 is 14.6 Å². The maximum absolute atomic E-state index is 5.79. The normalized spacial score (nSPS) is 12.2. The Morgan fingerprint density at radius 2 is 2.26 bits per heavy atom. The van der Waals surface area contributed by atoms with Crippen LogP contribution < -0.4 is 10.1 Å². The molecular formula is C14H20N4O. The zero-order chi connectivity index (χ0) is 13.7. The lowest BCUT2D eigenvalue weighted by atomic mass is 10.2. The molecule has 1 heterocycles. The molecule has 0 aliphatic carbocycles. The lowest BCUT2D eigenvalue weighted by Crippen LogP contribution is -2.10. The van der Waals surface area contributed by atoms with Gasteiger partial charge in [-0.25, -0.2) is 0 Å². The molecule has 2 rings (SSSR count). The van der Waals surface area contributed by atoms with Crippen LogP contribution in [0.2, 0.25) is 0 Å². The third-order valence-corrected chi connectivity index (χ3v) is 3.00. The van der Waals surface area contributed by atoms with Crippen molar-refractivity contribution in [1.82, 2.24) is 14.8 Å². The highest BCUT2D eigenvalue weighted by Gasteiger charge is 2.03. The molecule has 0 amide bonds. The number of aromatic nitrogens is 3. The van der Waals surface area contributed by atoms with Gasteiger partial charge in [0.25, 0.3) is 0 Å². The first-order chi connectivity index (χ1) is 9.19. The maximum atomic E-state index is 5.79. The van der Waals surface area contributed by atoms with Gasteiger partial charge in [-0.05, 0) is 25.5 Å². The number of anilines is 1. The first kappa shape index (κ1) is 13.4. The van der Waals surface area contributed by atoms with Crippen LogP contribution in [0.4, 0.5) is 5.69 Å². The van der Waals surface area contributed by atoms with Gasteiger partial charge >= 0.3 is 0 Å². The summed E-state index contributed by atoms with van der Waals surface area (Å²) in [5.41, 5.74) is 1.02. The Bertz CT molecular complexity index is 524. The van der Waals surface area contributed by atoms with Crippen molar-refractivity contribution in [2.45, 2.75) is 32.9 Å². The first-order valence-corrected chi connectivity index (χ1v) is 6.52. The minimum atomic E-state index is 0.231. The van der Waals surface area contributed by atoms with Crippen molar-refractivity contribution in [3.05, 3.63) is 36.4 Å². The van der Waals surface area contributed by atoms with E-state index in [1.165, 1.54) is 0 Å². The third kappa shape index (κ3) is 3.71. The number of nitrogens with zero attached hydrogens (tertiary/aromatic N) is 3. The topological polar surface area (TPSA) is 52.0 Å². The number of benzene rings is 1. The van der Waals surface area contributed by atoms with E-state index >= 15 is 0 Å². The fourth-order valence-corrected chi connectivity index (χ4v) is 1.64. The van der Waals surface area contributed by atoms with Gasteiger partial charge in [0.2, 0.25) is 0 Å². The number of aryl methyl sites for hydroxylation is 1. The number of rotatable bonds is 6. The molecule has 19 heavy (non-hydrogen) atoms. The molecule has 1 aromatic heterocycles. The highest BCUT2D eigenvalue weighted by atomic mass is 16.5. The van der Waals surface area contributed by atoms with Gasteiger partial charge in [0.05, 0.1) is 12.6 Å². The Balaban J connectivity index is 1.97. The SMILES string of the molecule is CCC(C)Oc1cccc(NCc2nncn2C)c1. The lowest BCUT2D eigenvalue weighted by Gasteiger charge is -2.13. The molecule has 0 aliphatic heterocycles. The second kappa shape index (κ2) is 6.22. The van der Waals surface area contributed by atoms with Crippen LogP contribution in [0.5, 0.6) is 5.75 Å². The predicted octanol–water partition coefficient (Wildman–Crippen LogP) is 2.60. The summed E-state index contributed by atoms with van der Waals surface area (Å²) < 4.78 is 7.69. The van der Waals surface area contributed by atoms with Crippen molar-refractivity contribution in [2.75, 3.05) is 5.32 Å². The van der Waals surface area contributed by atoms with Crippen LogP contribution in [0, 0.1) is 0 Å². The number of hydrogen-bond donors (Lipinski definition) is 1. The average Bonchev–Trinajstić information content (AvgIpc) is 2.82. The Labute approximate surface area is 113 Å². The average molecular weight is 260 g/mol. The Hall–Kier alpha value is -2.04. The summed E-state index contributed by atoms with van der Waals surface area (Å²) in [4.78, 5) is 0. The van der Waals surface area contributed by atoms with Crippen LogP contribution >= 0.6 is 0 Å². The van der Waals surface area contributed by atoms with E-state index in [4.69, 9.17) is 4.74 Å². The molecule has 5 heteroatoms. The van der Waals surface area contributed by atoms with E-state index in [2.05, 4.69) is 29.4 Å². The molecule has 0 saturated carbocycles. The summed E-state index contributed by atoms with van der Waals surface area (Å²) in [6.07, 6.45) is 2.92. The summed E-state index contributed by atoms with van der Waals surface area (Å²) >= 11 is 0. The summed E-state index contributed by atoms with van der Waals surface area (Å²) in [6, 6.07) is 7.97. The van der Waals surface area contributed by atoms with Crippen LogP contribution in [0.15, 0.2) is 30.6 Å². The molecule has 102 valence electrons. The molecule has 0 bridgehead atoms. The third-order valence-electron chi connectivity index (χ3n) is 3.00.